The number of rotatable bonds is 9. The molecule has 0 spiro atoms. The molecular formula is C17H28Cl2N4. The van der Waals surface area contributed by atoms with Gasteiger partial charge in [-0.25, -0.2) is 4.98 Å². The Morgan fingerprint density at radius 3 is 2.35 bits per heavy atom. The Bertz CT molecular complexity index is 496. The molecule has 6 heteroatoms. The smallest absolute Gasteiger partial charge is 0.0945 e. The number of aryl methyl sites for hydroxylation is 1. The summed E-state index contributed by atoms with van der Waals surface area (Å²) in [5, 5.41) is 3.49. The molecule has 0 atom stereocenters. The van der Waals surface area contributed by atoms with Crippen molar-refractivity contribution in [2.75, 3.05) is 24.5 Å². The van der Waals surface area contributed by atoms with E-state index in [0.29, 0.717) is 0 Å². The van der Waals surface area contributed by atoms with Crippen LogP contribution >= 0.6 is 24.8 Å². The summed E-state index contributed by atoms with van der Waals surface area (Å²) in [5.41, 5.74) is 2.65. The lowest BCUT2D eigenvalue weighted by molar-refractivity contribution is 0.581. The second-order valence-electron chi connectivity index (χ2n) is 5.17. The van der Waals surface area contributed by atoms with Gasteiger partial charge in [-0.2, -0.15) is 0 Å². The standard InChI is InChI=1S/C17H26N4.2ClH/c1-3-21(4-2)17-8-6-16(7-9-17)14-18-10-5-12-20-13-11-19-15-20;;/h6-9,11,13,15,18H,3-5,10,12,14H2,1-2H3;2*1H. The maximum absolute atomic E-state index is 4.04. The monoisotopic (exact) mass is 358 g/mol. The zero-order valence-electron chi connectivity index (χ0n) is 13.9. The van der Waals surface area contributed by atoms with Crippen molar-refractivity contribution >= 4 is 30.5 Å². The van der Waals surface area contributed by atoms with Gasteiger partial charge in [-0.3, -0.25) is 0 Å². The van der Waals surface area contributed by atoms with E-state index in [1.807, 2.05) is 18.7 Å². The molecule has 1 aromatic heterocycles. The van der Waals surface area contributed by atoms with Crippen molar-refractivity contribution in [2.24, 2.45) is 0 Å². The van der Waals surface area contributed by atoms with Crippen LogP contribution < -0.4 is 10.2 Å². The number of aromatic nitrogens is 2. The molecule has 0 amide bonds. The number of halogens is 2. The molecule has 0 aliphatic rings. The summed E-state index contributed by atoms with van der Waals surface area (Å²) in [4.78, 5) is 6.41. The van der Waals surface area contributed by atoms with Crippen molar-refractivity contribution in [2.45, 2.75) is 33.4 Å². The highest BCUT2D eigenvalue weighted by Gasteiger charge is 2.01. The quantitative estimate of drug-likeness (QED) is 0.692. The van der Waals surface area contributed by atoms with Gasteiger partial charge in [-0.15, -0.1) is 24.8 Å². The average Bonchev–Trinajstić information content (AvgIpc) is 3.03. The van der Waals surface area contributed by atoms with Gasteiger partial charge in [-0.1, -0.05) is 12.1 Å². The Morgan fingerprint density at radius 1 is 1.09 bits per heavy atom. The number of imidazole rings is 1. The Kier molecular flexibility index (Phi) is 11.6. The van der Waals surface area contributed by atoms with Crippen molar-refractivity contribution in [1.29, 1.82) is 0 Å². The van der Waals surface area contributed by atoms with E-state index in [1.165, 1.54) is 11.3 Å². The van der Waals surface area contributed by atoms with Crippen LogP contribution in [-0.4, -0.2) is 29.2 Å². The SMILES string of the molecule is CCN(CC)c1ccc(CNCCCn2ccnc2)cc1.Cl.Cl. The van der Waals surface area contributed by atoms with E-state index in [4.69, 9.17) is 0 Å². The normalized spacial score (nSPS) is 9.83. The summed E-state index contributed by atoms with van der Waals surface area (Å²) in [6.07, 6.45) is 6.82. The molecule has 2 rings (SSSR count). The molecule has 1 aromatic carbocycles. The van der Waals surface area contributed by atoms with Gasteiger partial charge in [0.1, 0.15) is 0 Å². The summed E-state index contributed by atoms with van der Waals surface area (Å²) in [5.74, 6) is 0. The molecule has 1 N–H and O–H groups in total. The van der Waals surface area contributed by atoms with Crippen LogP contribution in [0.25, 0.3) is 0 Å². The minimum Gasteiger partial charge on any atom is -0.372 e. The molecule has 1 heterocycles. The highest BCUT2D eigenvalue weighted by molar-refractivity contribution is 5.85. The number of nitrogens with one attached hydrogen (secondary N) is 1. The van der Waals surface area contributed by atoms with Crippen LogP contribution in [0.15, 0.2) is 43.0 Å². The van der Waals surface area contributed by atoms with E-state index in [0.717, 1.165) is 39.1 Å². The molecule has 0 saturated carbocycles. The van der Waals surface area contributed by atoms with Gasteiger partial charge < -0.3 is 14.8 Å². The lowest BCUT2D eigenvalue weighted by Gasteiger charge is -2.21. The van der Waals surface area contributed by atoms with Crippen LogP contribution in [0, 0.1) is 0 Å². The van der Waals surface area contributed by atoms with Crippen LogP contribution in [0.1, 0.15) is 25.8 Å². The fourth-order valence-corrected chi connectivity index (χ4v) is 2.45. The van der Waals surface area contributed by atoms with E-state index < -0.39 is 0 Å². The first kappa shape index (κ1) is 21.8. The maximum Gasteiger partial charge on any atom is 0.0945 e. The van der Waals surface area contributed by atoms with Crippen LogP contribution in [-0.2, 0) is 13.1 Å². The van der Waals surface area contributed by atoms with Crippen molar-refractivity contribution < 1.29 is 0 Å². The minimum absolute atomic E-state index is 0. The number of hydrogen-bond acceptors (Lipinski definition) is 3. The lowest BCUT2D eigenvalue weighted by Crippen LogP contribution is -2.21. The van der Waals surface area contributed by atoms with Gasteiger partial charge in [0.05, 0.1) is 6.33 Å². The molecule has 4 nitrogen and oxygen atoms in total. The highest BCUT2D eigenvalue weighted by Crippen LogP contribution is 2.14. The maximum atomic E-state index is 4.04. The molecule has 0 saturated heterocycles. The third-order valence-corrected chi connectivity index (χ3v) is 3.72. The first-order chi connectivity index (χ1) is 10.3. The minimum atomic E-state index is 0. The topological polar surface area (TPSA) is 33.1 Å². The number of hydrogen-bond donors (Lipinski definition) is 1. The van der Waals surface area contributed by atoms with Crippen molar-refractivity contribution in [1.82, 2.24) is 14.9 Å². The van der Waals surface area contributed by atoms with E-state index >= 15 is 0 Å². The Morgan fingerprint density at radius 2 is 1.78 bits per heavy atom. The Balaban J connectivity index is 0.00000242. The molecule has 130 valence electrons. The summed E-state index contributed by atoms with van der Waals surface area (Å²) >= 11 is 0. The fraction of sp³-hybridized carbons (Fsp3) is 0.471. The number of nitrogens with zero attached hydrogens (tertiary/aromatic N) is 3. The third-order valence-electron chi connectivity index (χ3n) is 3.72. The zero-order valence-corrected chi connectivity index (χ0v) is 15.6. The van der Waals surface area contributed by atoms with Crippen LogP contribution in [0.5, 0.6) is 0 Å². The predicted molar refractivity (Wildman–Crippen MR) is 103 cm³/mol. The summed E-state index contributed by atoms with van der Waals surface area (Å²) in [6.45, 7) is 9.48. The molecule has 0 bridgehead atoms. The largest absolute Gasteiger partial charge is 0.372 e. The highest BCUT2D eigenvalue weighted by atomic mass is 35.5. The molecule has 0 aliphatic heterocycles. The Labute approximate surface area is 152 Å². The van der Waals surface area contributed by atoms with Crippen molar-refractivity contribution in [3.8, 4) is 0 Å². The molecular weight excluding hydrogens is 331 g/mol. The van der Waals surface area contributed by atoms with Gasteiger partial charge in [0.15, 0.2) is 0 Å². The van der Waals surface area contributed by atoms with E-state index in [-0.39, 0.29) is 24.8 Å². The van der Waals surface area contributed by atoms with Gasteiger partial charge in [0.25, 0.3) is 0 Å². The van der Waals surface area contributed by atoms with Crippen LogP contribution in [0.4, 0.5) is 5.69 Å². The van der Waals surface area contributed by atoms with Gasteiger partial charge >= 0.3 is 0 Å². The summed E-state index contributed by atoms with van der Waals surface area (Å²) < 4.78 is 2.11. The first-order valence-electron chi connectivity index (χ1n) is 7.83. The van der Waals surface area contributed by atoms with Gasteiger partial charge in [0, 0.05) is 44.3 Å². The lowest BCUT2D eigenvalue weighted by atomic mass is 10.2. The zero-order chi connectivity index (χ0) is 14.9. The second-order valence-corrected chi connectivity index (χ2v) is 5.17. The fourth-order valence-electron chi connectivity index (χ4n) is 2.45. The van der Waals surface area contributed by atoms with Gasteiger partial charge in [-0.05, 0) is 44.5 Å². The molecule has 23 heavy (non-hydrogen) atoms. The second kappa shape index (κ2) is 12.2. The molecule has 0 aliphatic carbocycles. The van der Waals surface area contributed by atoms with Crippen LogP contribution in [0.2, 0.25) is 0 Å². The average molecular weight is 359 g/mol. The molecule has 2 aromatic rings. The van der Waals surface area contributed by atoms with E-state index in [2.05, 4.69) is 57.9 Å². The van der Waals surface area contributed by atoms with Gasteiger partial charge in [0.2, 0.25) is 0 Å². The van der Waals surface area contributed by atoms with Crippen molar-refractivity contribution in [3.63, 3.8) is 0 Å². The Hall–Kier alpha value is -1.23. The predicted octanol–water partition coefficient (Wildman–Crippen LogP) is 3.75. The van der Waals surface area contributed by atoms with E-state index in [1.54, 1.807) is 0 Å². The molecule has 0 unspecified atom stereocenters. The summed E-state index contributed by atoms with van der Waals surface area (Å²) in [6, 6.07) is 8.87. The van der Waals surface area contributed by atoms with Crippen LogP contribution in [0.3, 0.4) is 0 Å². The molecule has 0 fully saturated rings. The number of benzene rings is 1. The van der Waals surface area contributed by atoms with Crippen molar-refractivity contribution in [3.05, 3.63) is 48.5 Å². The third kappa shape index (κ3) is 7.25. The molecule has 0 radical (unpaired) electrons. The summed E-state index contributed by atoms with van der Waals surface area (Å²) in [7, 11) is 0. The van der Waals surface area contributed by atoms with E-state index in [9.17, 15) is 0 Å². The number of anilines is 1. The first-order valence-corrected chi connectivity index (χ1v) is 7.83.